The first-order chi connectivity index (χ1) is 12.1. The van der Waals surface area contributed by atoms with Gasteiger partial charge in [-0.2, -0.15) is 0 Å². The third-order valence-corrected chi connectivity index (χ3v) is 3.93. The minimum absolute atomic E-state index is 0.144. The van der Waals surface area contributed by atoms with Crippen molar-refractivity contribution in [3.05, 3.63) is 48.0 Å². The topological polar surface area (TPSA) is 114 Å². The summed E-state index contributed by atoms with van der Waals surface area (Å²) < 4.78 is 11.4. The van der Waals surface area contributed by atoms with Crippen molar-refractivity contribution in [1.82, 2.24) is 15.3 Å². The summed E-state index contributed by atoms with van der Waals surface area (Å²) in [5.41, 5.74) is 0.930. The van der Waals surface area contributed by atoms with Gasteiger partial charge in [0.1, 0.15) is 11.9 Å². The molecule has 1 aliphatic heterocycles. The molecule has 8 nitrogen and oxygen atoms in total. The molecule has 1 saturated heterocycles. The molecular weight excluding hydrogens is 326 g/mol. The summed E-state index contributed by atoms with van der Waals surface area (Å²) in [5, 5.41) is 11.9. The summed E-state index contributed by atoms with van der Waals surface area (Å²) in [6, 6.07) is 5.93. The maximum atomic E-state index is 12.2. The number of aromatic carboxylic acids is 1. The van der Waals surface area contributed by atoms with Crippen molar-refractivity contribution in [2.45, 2.75) is 25.0 Å². The average molecular weight is 345 g/mol. The quantitative estimate of drug-likeness (QED) is 0.720. The van der Waals surface area contributed by atoms with Crippen LogP contribution in [0.4, 0.5) is 0 Å². The van der Waals surface area contributed by atoms with Gasteiger partial charge in [-0.25, -0.2) is 9.78 Å². The van der Waals surface area contributed by atoms with Gasteiger partial charge in [-0.3, -0.25) is 4.79 Å². The summed E-state index contributed by atoms with van der Waals surface area (Å²) in [5.74, 6) is -0.569. The SMILES string of the molecule is O=C(Cc1cnc[nH]1)N[C@@H]1COCC[C@H]1Oc1ccc(C(=O)O)cc1. The number of carbonyl (C=O) groups excluding carboxylic acids is 1. The summed E-state index contributed by atoms with van der Waals surface area (Å²) >= 11 is 0. The zero-order valence-corrected chi connectivity index (χ0v) is 13.5. The molecule has 2 aromatic rings. The van der Waals surface area contributed by atoms with Gasteiger partial charge in [0.05, 0.1) is 37.6 Å². The van der Waals surface area contributed by atoms with Crippen molar-refractivity contribution in [2.24, 2.45) is 0 Å². The molecule has 132 valence electrons. The molecule has 0 aliphatic carbocycles. The predicted molar refractivity (Wildman–Crippen MR) is 87.5 cm³/mol. The van der Waals surface area contributed by atoms with Crippen LogP contribution in [0.5, 0.6) is 5.75 Å². The number of rotatable bonds is 6. The normalized spacial score (nSPS) is 20.0. The van der Waals surface area contributed by atoms with E-state index in [-0.39, 0.29) is 30.0 Å². The van der Waals surface area contributed by atoms with Gasteiger partial charge < -0.3 is 24.9 Å². The second-order valence-electron chi connectivity index (χ2n) is 5.78. The van der Waals surface area contributed by atoms with Crippen LogP contribution in [0.1, 0.15) is 22.5 Å². The minimum atomic E-state index is -0.985. The Morgan fingerprint density at radius 1 is 1.36 bits per heavy atom. The Balaban J connectivity index is 1.60. The molecule has 3 N–H and O–H groups in total. The number of amides is 1. The molecule has 3 rings (SSSR count). The number of hydrogen-bond acceptors (Lipinski definition) is 5. The number of nitrogens with zero attached hydrogens (tertiary/aromatic N) is 1. The molecular formula is C17H19N3O5. The zero-order chi connectivity index (χ0) is 17.6. The summed E-state index contributed by atoms with van der Waals surface area (Å²) in [6.45, 7) is 0.914. The van der Waals surface area contributed by atoms with E-state index in [1.54, 1.807) is 18.3 Å². The lowest BCUT2D eigenvalue weighted by Crippen LogP contribution is -2.52. The fourth-order valence-corrected chi connectivity index (χ4v) is 2.66. The molecule has 25 heavy (non-hydrogen) atoms. The predicted octanol–water partition coefficient (Wildman–Crippen LogP) is 1.00. The van der Waals surface area contributed by atoms with E-state index < -0.39 is 5.97 Å². The Kier molecular flexibility index (Phi) is 5.30. The van der Waals surface area contributed by atoms with Gasteiger partial charge in [-0.1, -0.05) is 0 Å². The molecule has 1 amide bonds. The van der Waals surface area contributed by atoms with Crippen LogP contribution < -0.4 is 10.1 Å². The molecule has 1 aromatic heterocycles. The molecule has 1 fully saturated rings. The molecule has 0 saturated carbocycles. The number of nitrogens with one attached hydrogen (secondary N) is 2. The number of carboxylic acid groups (broad SMARTS) is 1. The van der Waals surface area contributed by atoms with Crippen LogP contribution in [0.2, 0.25) is 0 Å². The largest absolute Gasteiger partial charge is 0.488 e. The second kappa shape index (κ2) is 7.80. The van der Waals surface area contributed by atoms with Crippen molar-refractivity contribution in [3.8, 4) is 5.75 Å². The second-order valence-corrected chi connectivity index (χ2v) is 5.78. The Bertz CT molecular complexity index is 714. The lowest BCUT2D eigenvalue weighted by atomic mass is 10.1. The van der Waals surface area contributed by atoms with E-state index in [1.165, 1.54) is 18.5 Å². The van der Waals surface area contributed by atoms with Crippen LogP contribution in [0.3, 0.4) is 0 Å². The fourth-order valence-electron chi connectivity index (χ4n) is 2.66. The van der Waals surface area contributed by atoms with Gasteiger partial charge in [-0.15, -0.1) is 0 Å². The maximum absolute atomic E-state index is 12.2. The van der Waals surface area contributed by atoms with Crippen molar-refractivity contribution in [2.75, 3.05) is 13.2 Å². The van der Waals surface area contributed by atoms with E-state index in [9.17, 15) is 9.59 Å². The van der Waals surface area contributed by atoms with Crippen molar-refractivity contribution in [1.29, 1.82) is 0 Å². The molecule has 8 heteroatoms. The Morgan fingerprint density at radius 3 is 2.84 bits per heavy atom. The van der Waals surface area contributed by atoms with E-state index in [0.717, 1.165) is 5.69 Å². The van der Waals surface area contributed by atoms with E-state index in [2.05, 4.69) is 15.3 Å². The zero-order valence-electron chi connectivity index (χ0n) is 13.5. The van der Waals surface area contributed by atoms with Crippen LogP contribution in [-0.4, -0.2) is 52.3 Å². The van der Waals surface area contributed by atoms with Crippen LogP contribution in [0.25, 0.3) is 0 Å². The number of aromatic amines is 1. The summed E-state index contributed by atoms with van der Waals surface area (Å²) in [7, 11) is 0. The highest BCUT2D eigenvalue weighted by Gasteiger charge is 2.29. The van der Waals surface area contributed by atoms with E-state index in [0.29, 0.717) is 25.4 Å². The standard InChI is InChI=1S/C17H19N3O5/c21-16(7-12-8-18-10-19-12)20-14-9-24-6-5-15(14)25-13-3-1-11(2-4-13)17(22)23/h1-4,8,10,14-15H,5-7,9H2,(H,18,19)(H,20,21)(H,22,23)/t14-,15-/m1/s1. The van der Waals surface area contributed by atoms with Gasteiger partial charge in [-0.05, 0) is 24.3 Å². The average Bonchev–Trinajstić information content (AvgIpc) is 3.10. The van der Waals surface area contributed by atoms with Crippen LogP contribution in [0, 0.1) is 0 Å². The van der Waals surface area contributed by atoms with E-state index >= 15 is 0 Å². The third kappa shape index (κ3) is 4.57. The third-order valence-electron chi connectivity index (χ3n) is 3.93. The van der Waals surface area contributed by atoms with Gasteiger partial charge >= 0.3 is 5.97 Å². The molecule has 0 radical (unpaired) electrons. The number of benzene rings is 1. The first-order valence-electron chi connectivity index (χ1n) is 7.96. The summed E-state index contributed by atoms with van der Waals surface area (Å²) in [4.78, 5) is 29.8. The molecule has 1 aromatic carbocycles. The van der Waals surface area contributed by atoms with E-state index in [4.69, 9.17) is 14.6 Å². The fraction of sp³-hybridized carbons (Fsp3) is 0.353. The molecule has 0 bridgehead atoms. The smallest absolute Gasteiger partial charge is 0.335 e. The Labute approximate surface area is 144 Å². The molecule has 2 atom stereocenters. The Morgan fingerprint density at radius 2 is 2.16 bits per heavy atom. The van der Waals surface area contributed by atoms with Crippen molar-refractivity contribution in [3.63, 3.8) is 0 Å². The van der Waals surface area contributed by atoms with Gasteiger partial charge in [0.2, 0.25) is 5.91 Å². The van der Waals surface area contributed by atoms with Gasteiger partial charge in [0.15, 0.2) is 0 Å². The van der Waals surface area contributed by atoms with Crippen molar-refractivity contribution < 1.29 is 24.2 Å². The van der Waals surface area contributed by atoms with Crippen LogP contribution in [-0.2, 0) is 16.0 Å². The molecule has 0 unspecified atom stereocenters. The summed E-state index contributed by atoms with van der Waals surface area (Å²) in [6.07, 6.45) is 3.73. The molecule has 1 aliphatic rings. The van der Waals surface area contributed by atoms with Gasteiger partial charge in [0, 0.05) is 18.3 Å². The Hall–Kier alpha value is -2.87. The molecule has 2 heterocycles. The number of ether oxygens (including phenoxy) is 2. The molecule has 0 spiro atoms. The first kappa shape index (κ1) is 17.0. The first-order valence-corrected chi connectivity index (χ1v) is 7.96. The van der Waals surface area contributed by atoms with Gasteiger partial charge in [0.25, 0.3) is 0 Å². The monoisotopic (exact) mass is 345 g/mol. The lowest BCUT2D eigenvalue weighted by Gasteiger charge is -2.32. The number of H-pyrrole nitrogens is 1. The highest BCUT2D eigenvalue weighted by atomic mass is 16.5. The highest BCUT2D eigenvalue weighted by molar-refractivity contribution is 5.87. The highest BCUT2D eigenvalue weighted by Crippen LogP contribution is 2.19. The number of carbonyl (C=O) groups is 2. The minimum Gasteiger partial charge on any atom is -0.488 e. The maximum Gasteiger partial charge on any atom is 0.335 e. The lowest BCUT2D eigenvalue weighted by molar-refractivity contribution is -0.123. The number of imidazole rings is 1. The van der Waals surface area contributed by atoms with E-state index in [1.807, 2.05) is 0 Å². The van der Waals surface area contributed by atoms with Crippen molar-refractivity contribution >= 4 is 11.9 Å². The van der Waals surface area contributed by atoms with Crippen LogP contribution >= 0.6 is 0 Å². The number of hydrogen-bond donors (Lipinski definition) is 3. The number of aromatic nitrogens is 2. The van der Waals surface area contributed by atoms with Crippen LogP contribution in [0.15, 0.2) is 36.8 Å². The number of carboxylic acids is 1.